The maximum absolute atomic E-state index is 12.5. The van der Waals surface area contributed by atoms with Crippen LogP contribution in [-0.2, 0) is 13.5 Å². The first-order valence-corrected chi connectivity index (χ1v) is 6.40. The van der Waals surface area contributed by atoms with Gasteiger partial charge in [-0.3, -0.25) is 14.9 Å². The van der Waals surface area contributed by atoms with E-state index in [1.54, 1.807) is 0 Å². The molecule has 0 spiro atoms. The lowest BCUT2D eigenvalue weighted by molar-refractivity contribution is -0.384. The fourth-order valence-corrected chi connectivity index (χ4v) is 2.37. The van der Waals surface area contributed by atoms with E-state index in [2.05, 4.69) is 0 Å². The number of non-ortho nitro benzene ring substituents is 1. The van der Waals surface area contributed by atoms with Crippen LogP contribution in [0.5, 0.6) is 0 Å². The Morgan fingerprint density at radius 3 is 2.35 bits per heavy atom. The van der Waals surface area contributed by atoms with Gasteiger partial charge in [-0.1, -0.05) is 6.92 Å². The quantitative estimate of drug-likeness (QED) is 0.488. The minimum absolute atomic E-state index is 0.0144. The average molecular weight is 272 g/mol. The van der Waals surface area contributed by atoms with Crippen molar-refractivity contribution in [2.75, 3.05) is 0 Å². The summed E-state index contributed by atoms with van der Waals surface area (Å²) >= 11 is 0. The third kappa shape index (κ3) is 2.34. The molecule has 0 amide bonds. The van der Waals surface area contributed by atoms with Crippen molar-refractivity contribution in [3.63, 3.8) is 0 Å². The Morgan fingerprint density at radius 2 is 1.90 bits per heavy atom. The van der Waals surface area contributed by atoms with Crippen molar-refractivity contribution in [1.82, 2.24) is 4.57 Å². The lowest BCUT2D eigenvalue weighted by Crippen LogP contribution is -2.10. The van der Waals surface area contributed by atoms with Gasteiger partial charge in [0.05, 0.1) is 10.6 Å². The van der Waals surface area contributed by atoms with E-state index in [9.17, 15) is 14.9 Å². The molecule has 2 rings (SSSR count). The van der Waals surface area contributed by atoms with Crippen LogP contribution in [-0.4, -0.2) is 15.3 Å². The molecule has 0 aliphatic rings. The summed E-state index contributed by atoms with van der Waals surface area (Å²) in [6.07, 6.45) is 0.852. The number of carbonyl (C=O) groups excluding carboxylic acids is 1. The first-order chi connectivity index (χ1) is 9.45. The van der Waals surface area contributed by atoms with E-state index in [0.717, 1.165) is 17.7 Å². The van der Waals surface area contributed by atoms with Crippen LogP contribution in [0.2, 0.25) is 0 Å². The highest BCUT2D eigenvalue weighted by Crippen LogP contribution is 2.20. The van der Waals surface area contributed by atoms with Crippen LogP contribution in [0.15, 0.2) is 30.3 Å². The van der Waals surface area contributed by atoms with E-state index in [1.165, 1.54) is 24.3 Å². The van der Waals surface area contributed by atoms with Gasteiger partial charge >= 0.3 is 0 Å². The van der Waals surface area contributed by atoms with Crippen LogP contribution in [0.25, 0.3) is 0 Å². The number of nitro benzene ring substituents is 1. The number of benzene rings is 1. The predicted molar refractivity (Wildman–Crippen MR) is 76.1 cm³/mol. The van der Waals surface area contributed by atoms with E-state index in [-0.39, 0.29) is 11.5 Å². The molecule has 20 heavy (non-hydrogen) atoms. The molecule has 2 aromatic rings. The third-order valence-electron chi connectivity index (χ3n) is 3.44. The van der Waals surface area contributed by atoms with Gasteiger partial charge in [-0.15, -0.1) is 0 Å². The van der Waals surface area contributed by atoms with Crippen LogP contribution >= 0.6 is 0 Å². The van der Waals surface area contributed by atoms with Gasteiger partial charge in [0.25, 0.3) is 5.69 Å². The molecule has 1 heterocycles. The number of ketones is 1. The van der Waals surface area contributed by atoms with Crippen molar-refractivity contribution in [1.29, 1.82) is 0 Å². The van der Waals surface area contributed by atoms with Crippen molar-refractivity contribution in [3.05, 3.63) is 63.0 Å². The third-order valence-corrected chi connectivity index (χ3v) is 3.44. The van der Waals surface area contributed by atoms with E-state index >= 15 is 0 Å². The fourth-order valence-electron chi connectivity index (χ4n) is 2.37. The molecule has 0 aliphatic carbocycles. The Bertz CT molecular complexity index is 669. The number of carbonyl (C=O) groups is 1. The van der Waals surface area contributed by atoms with Gasteiger partial charge in [-0.2, -0.15) is 0 Å². The molecule has 104 valence electrons. The highest BCUT2D eigenvalue weighted by molar-refractivity contribution is 6.09. The summed E-state index contributed by atoms with van der Waals surface area (Å²) in [5.41, 5.74) is 3.10. The number of aryl methyl sites for hydroxylation is 2. The molecule has 0 atom stereocenters. The molecular formula is C15H16N2O3. The first-order valence-electron chi connectivity index (χ1n) is 6.40. The van der Waals surface area contributed by atoms with Crippen molar-refractivity contribution >= 4 is 11.5 Å². The van der Waals surface area contributed by atoms with Crippen LogP contribution in [0.4, 0.5) is 5.69 Å². The van der Waals surface area contributed by atoms with Gasteiger partial charge in [-0.25, -0.2) is 0 Å². The molecule has 5 heteroatoms. The molecule has 0 saturated heterocycles. The highest BCUT2D eigenvalue weighted by atomic mass is 16.6. The van der Waals surface area contributed by atoms with Gasteiger partial charge in [0.1, 0.15) is 0 Å². The summed E-state index contributed by atoms with van der Waals surface area (Å²) in [5, 5.41) is 10.6. The lowest BCUT2D eigenvalue weighted by atomic mass is 10.1. The molecule has 0 unspecified atom stereocenters. The smallest absolute Gasteiger partial charge is 0.269 e. The second-order valence-electron chi connectivity index (χ2n) is 4.71. The maximum Gasteiger partial charge on any atom is 0.269 e. The number of aromatic nitrogens is 1. The zero-order valence-electron chi connectivity index (χ0n) is 11.7. The standard InChI is InChI=1S/C15H16N2O3/c1-4-12-9-10(2)14(16(12)3)15(18)11-5-7-13(8-6-11)17(19)20/h5-9H,4H2,1-3H3. The zero-order valence-corrected chi connectivity index (χ0v) is 11.7. The minimum Gasteiger partial charge on any atom is -0.345 e. The first kappa shape index (κ1) is 14.0. The van der Waals surface area contributed by atoms with Crippen molar-refractivity contribution < 1.29 is 9.72 Å². The molecule has 0 bridgehead atoms. The van der Waals surface area contributed by atoms with Gasteiger partial charge < -0.3 is 4.57 Å². The number of hydrogen-bond acceptors (Lipinski definition) is 3. The summed E-state index contributed by atoms with van der Waals surface area (Å²) in [5.74, 6) is -0.111. The van der Waals surface area contributed by atoms with E-state index in [4.69, 9.17) is 0 Å². The molecule has 5 nitrogen and oxygen atoms in total. The van der Waals surface area contributed by atoms with Crippen molar-refractivity contribution in [2.45, 2.75) is 20.3 Å². The number of rotatable bonds is 4. The van der Waals surface area contributed by atoms with E-state index < -0.39 is 4.92 Å². The van der Waals surface area contributed by atoms with Crippen molar-refractivity contribution in [3.8, 4) is 0 Å². The summed E-state index contributed by atoms with van der Waals surface area (Å²) in [4.78, 5) is 22.7. The monoisotopic (exact) mass is 272 g/mol. The van der Waals surface area contributed by atoms with Crippen molar-refractivity contribution in [2.24, 2.45) is 7.05 Å². The number of hydrogen-bond donors (Lipinski definition) is 0. The molecule has 1 aromatic heterocycles. The summed E-state index contributed by atoms with van der Waals surface area (Å²) in [7, 11) is 1.87. The topological polar surface area (TPSA) is 65.1 Å². The molecule has 0 N–H and O–H groups in total. The van der Waals surface area contributed by atoms with Crippen LogP contribution in [0.3, 0.4) is 0 Å². The van der Waals surface area contributed by atoms with Crippen LogP contribution < -0.4 is 0 Å². The van der Waals surface area contributed by atoms with E-state index in [1.807, 2.05) is 31.5 Å². The second-order valence-corrected chi connectivity index (χ2v) is 4.71. The maximum atomic E-state index is 12.5. The molecular weight excluding hydrogens is 256 g/mol. The Balaban J connectivity index is 2.41. The normalized spacial score (nSPS) is 10.6. The largest absolute Gasteiger partial charge is 0.345 e. The molecule has 1 aromatic carbocycles. The minimum atomic E-state index is -0.475. The van der Waals surface area contributed by atoms with Crippen LogP contribution in [0, 0.1) is 17.0 Å². The summed E-state index contributed by atoms with van der Waals surface area (Å²) in [6.45, 7) is 3.94. The average Bonchev–Trinajstić information content (AvgIpc) is 2.72. The molecule has 0 radical (unpaired) electrons. The predicted octanol–water partition coefficient (Wildman–Crippen LogP) is 3.04. The molecule has 0 fully saturated rings. The Hall–Kier alpha value is -2.43. The number of nitrogens with zero attached hydrogens (tertiary/aromatic N) is 2. The van der Waals surface area contributed by atoms with Gasteiger partial charge in [0.15, 0.2) is 0 Å². The Morgan fingerprint density at radius 1 is 1.30 bits per heavy atom. The van der Waals surface area contributed by atoms with E-state index in [0.29, 0.717) is 11.3 Å². The summed E-state index contributed by atoms with van der Waals surface area (Å²) in [6, 6.07) is 7.70. The Kier molecular flexibility index (Phi) is 3.70. The van der Waals surface area contributed by atoms with Gasteiger partial charge in [0.2, 0.25) is 5.78 Å². The summed E-state index contributed by atoms with van der Waals surface area (Å²) < 4.78 is 1.89. The van der Waals surface area contributed by atoms with Gasteiger partial charge in [0, 0.05) is 30.4 Å². The Labute approximate surface area is 117 Å². The zero-order chi connectivity index (χ0) is 14.9. The molecule has 0 aliphatic heterocycles. The highest BCUT2D eigenvalue weighted by Gasteiger charge is 2.18. The van der Waals surface area contributed by atoms with Crippen LogP contribution in [0.1, 0.15) is 34.2 Å². The van der Waals surface area contributed by atoms with Gasteiger partial charge in [-0.05, 0) is 37.1 Å². The fraction of sp³-hybridized carbons (Fsp3) is 0.267. The lowest BCUT2D eigenvalue weighted by Gasteiger charge is -2.06. The molecule has 0 saturated carbocycles. The second kappa shape index (κ2) is 5.28. The number of nitro groups is 1. The SMILES string of the molecule is CCc1cc(C)c(C(=O)c2ccc([N+](=O)[O-])cc2)n1C.